The summed E-state index contributed by atoms with van der Waals surface area (Å²) in [4.78, 5) is 16.1. The van der Waals surface area contributed by atoms with E-state index in [4.69, 9.17) is 0 Å². The van der Waals surface area contributed by atoms with Crippen molar-refractivity contribution in [3.63, 3.8) is 0 Å². The summed E-state index contributed by atoms with van der Waals surface area (Å²) >= 11 is 0. The maximum Gasteiger partial charge on any atom is 0.164 e. The van der Waals surface area contributed by atoms with E-state index in [9.17, 15) is 4.79 Å². The molecule has 0 fully saturated rings. The Hall–Kier alpha value is -1.91. The molecule has 5 nitrogen and oxygen atoms in total. The fraction of sp³-hybridized carbons (Fsp3) is 0.533. The summed E-state index contributed by atoms with van der Waals surface area (Å²) in [7, 11) is 0. The summed E-state index contributed by atoms with van der Waals surface area (Å²) in [5, 5.41) is 4.25. The number of hydrogen-bond acceptors (Lipinski definition) is 3. The van der Waals surface area contributed by atoms with Gasteiger partial charge in [-0.1, -0.05) is 20.8 Å². The lowest BCUT2D eigenvalue weighted by atomic mass is 10.1. The zero-order chi connectivity index (χ0) is 14.5. The number of carbonyl (C=O) groups excluding carboxylic acids is 1. The summed E-state index contributed by atoms with van der Waals surface area (Å²) in [6, 6.07) is 1.88. The van der Waals surface area contributed by atoms with Gasteiger partial charge in [-0.25, -0.2) is 9.67 Å². The van der Waals surface area contributed by atoms with Crippen molar-refractivity contribution in [1.82, 2.24) is 19.3 Å². The molecule has 2 aromatic heterocycles. The minimum atomic E-state index is 0.204. The second-order valence-electron chi connectivity index (χ2n) is 5.50. The van der Waals surface area contributed by atoms with Crippen molar-refractivity contribution in [3.05, 3.63) is 36.2 Å². The van der Waals surface area contributed by atoms with Gasteiger partial charge in [-0.05, 0) is 18.4 Å². The van der Waals surface area contributed by atoms with Crippen LogP contribution in [0.2, 0.25) is 0 Å². The first-order valence-electron chi connectivity index (χ1n) is 7.15. The monoisotopic (exact) mass is 274 g/mol. The van der Waals surface area contributed by atoms with E-state index in [0.717, 1.165) is 24.4 Å². The van der Waals surface area contributed by atoms with Gasteiger partial charge >= 0.3 is 0 Å². The first-order chi connectivity index (χ1) is 9.60. The average molecular weight is 274 g/mol. The first kappa shape index (κ1) is 14.5. The normalized spacial score (nSPS) is 11.2. The molecule has 0 unspecified atom stereocenters. The average Bonchev–Trinajstić information content (AvgIpc) is 3.00. The van der Waals surface area contributed by atoms with E-state index >= 15 is 0 Å². The molecule has 0 aliphatic rings. The van der Waals surface area contributed by atoms with Crippen LogP contribution in [0.4, 0.5) is 0 Å². The molecule has 20 heavy (non-hydrogen) atoms. The van der Waals surface area contributed by atoms with Crippen LogP contribution >= 0.6 is 0 Å². The van der Waals surface area contributed by atoms with Crippen molar-refractivity contribution in [2.24, 2.45) is 5.92 Å². The molecule has 0 amide bonds. The van der Waals surface area contributed by atoms with Gasteiger partial charge in [-0.3, -0.25) is 4.79 Å². The molecule has 0 radical (unpaired) electrons. The van der Waals surface area contributed by atoms with Gasteiger partial charge < -0.3 is 4.57 Å². The molecule has 0 saturated heterocycles. The van der Waals surface area contributed by atoms with E-state index in [2.05, 4.69) is 23.9 Å². The van der Waals surface area contributed by atoms with Gasteiger partial charge in [-0.2, -0.15) is 5.10 Å². The molecule has 0 saturated carbocycles. The maximum atomic E-state index is 11.8. The van der Waals surface area contributed by atoms with Gasteiger partial charge in [0, 0.05) is 30.9 Å². The van der Waals surface area contributed by atoms with Crippen LogP contribution in [0.3, 0.4) is 0 Å². The third-order valence-corrected chi connectivity index (χ3v) is 3.11. The fourth-order valence-electron chi connectivity index (χ4n) is 2.15. The molecule has 108 valence electrons. The Labute approximate surface area is 119 Å². The number of Topliss-reactive ketones (excluding diaryl/α,β-unsaturated/α-hetero) is 1. The highest BCUT2D eigenvalue weighted by molar-refractivity contribution is 5.95. The quantitative estimate of drug-likeness (QED) is 0.729. The van der Waals surface area contributed by atoms with E-state index in [1.807, 2.05) is 34.6 Å². The van der Waals surface area contributed by atoms with E-state index in [1.54, 1.807) is 6.33 Å². The Balaban J connectivity index is 2.07. The molecule has 2 heterocycles. The predicted molar refractivity (Wildman–Crippen MR) is 77.6 cm³/mol. The number of hydrogen-bond donors (Lipinski definition) is 0. The highest BCUT2D eigenvalue weighted by Gasteiger charge is 2.09. The Morgan fingerprint density at radius 2 is 2.20 bits per heavy atom. The molecule has 5 heteroatoms. The lowest BCUT2D eigenvalue weighted by molar-refractivity contribution is 0.0981. The molecular formula is C15H22N4O. The molecule has 0 bridgehead atoms. The Morgan fingerprint density at radius 3 is 2.90 bits per heavy atom. The van der Waals surface area contributed by atoms with Gasteiger partial charge in [0.05, 0.1) is 6.54 Å². The van der Waals surface area contributed by atoms with Crippen LogP contribution in [-0.4, -0.2) is 25.1 Å². The third-order valence-electron chi connectivity index (χ3n) is 3.11. The van der Waals surface area contributed by atoms with E-state index < -0.39 is 0 Å². The number of nitrogens with zero attached hydrogens (tertiary/aromatic N) is 4. The van der Waals surface area contributed by atoms with Crippen LogP contribution in [0.1, 0.15) is 49.8 Å². The Bertz CT molecular complexity index is 568. The molecule has 2 aromatic rings. The van der Waals surface area contributed by atoms with Gasteiger partial charge in [0.15, 0.2) is 5.78 Å². The minimum Gasteiger partial charge on any atom is -0.346 e. The van der Waals surface area contributed by atoms with Crippen molar-refractivity contribution in [2.45, 2.75) is 46.7 Å². The zero-order valence-electron chi connectivity index (χ0n) is 12.4. The highest BCUT2D eigenvalue weighted by Crippen LogP contribution is 2.09. The van der Waals surface area contributed by atoms with Crippen LogP contribution in [0, 0.1) is 5.92 Å². The zero-order valence-corrected chi connectivity index (χ0v) is 12.4. The molecule has 0 aromatic carbocycles. The highest BCUT2D eigenvalue weighted by atomic mass is 16.1. The number of carbonyl (C=O) groups is 1. The van der Waals surface area contributed by atoms with Crippen LogP contribution in [0.15, 0.2) is 24.8 Å². The number of rotatable bonds is 7. The largest absolute Gasteiger partial charge is 0.346 e. The summed E-state index contributed by atoms with van der Waals surface area (Å²) in [5.74, 6) is 1.65. The van der Waals surface area contributed by atoms with E-state index in [1.165, 1.54) is 0 Å². The molecule has 0 N–H and O–H groups in total. The summed E-state index contributed by atoms with van der Waals surface area (Å²) in [6.07, 6.45) is 6.90. The van der Waals surface area contributed by atoms with Crippen molar-refractivity contribution in [1.29, 1.82) is 0 Å². The number of aromatic nitrogens is 4. The Morgan fingerprint density at radius 1 is 1.40 bits per heavy atom. The van der Waals surface area contributed by atoms with E-state index in [0.29, 0.717) is 18.9 Å². The smallest absolute Gasteiger partial charge is 0.164 e. The summed E-state index contributed by atoms with van der Waals surface area (Å²) in [6.45, 7) is 7.83. The number of ketones is 1. The van der Waals surface area contributed by atoms with Gasteiger partial charge in [-0.15, -0.1) is 0 Å². The fourth-order valence-corrected chi connectivity index (χ4v) is 2.15. The molecule has 2 rings (SSSR count). The first-order valence-corrected chi connectivity index (χ1v) is 7.15. The molecule has 0 aliphatic carbocycles. The van der Waals surface area contributed by atoms with Crippen LogP contribution in [0.5, 0.6) is 0 Å². The SMILES string of the molecule is CCCC(=O)c1ccn(Cc2ncnn2CC(C)C)c1. The van der Waals surface area contributed by atoms with Crippen molar-refractivity contribution < 1.29 is 4.79 Å². The summed E-state index contributed by atoms with van der Waals surface area (Å²) < 4.78 is 3.92. The van der Waals surface area contributed by atoms with Gasteiger partial charge in [0.25, 0.3) is 0 Å². The van der Waals surface area contributed by atoms with Crippen LogP contribution < -0.4 is 0 Å². The van der Waals surface area contributed by atoms with Crippen LogP contribution in [0.25, 0.3) is 0 Å². The van der Waals surface area contributed by atoms with Gasteiger partial charge in [0.2, 0.25) is 0 Å². The van der Waals surface area contributed by atoms with Crippen molar-refractivity contribution in [2.75, 3.05) is 0 Å². The Kier molecular flexibility index (Phi) is 4.71. The lowest BCUT2D eigenvalue weighted by Gasteiger charge is -2.08. The van der Waals surface area contributed by atoms with Crippen LogP contribution in [-0.2, 0) is 13.1 Å². The molecule has 0 aliphatic heterocycles. The second kappa shape index (κ2) is 6.50. The molecule has 0 atom stereocenters. The van der Waals surface area contributed by atoms with Crippen molar-refractivity contribution in [3.8, 4) is 0 Å². The van der Waals surface area contributed by atoms with Gasteiger partial charge in [0.1, 0.15) is 12.2 Å². The third kappa shape index (κ3) is 3.56. The summed E-state index contributed by atoms with van der Waals surface area (Å²) in [5.41, 5.74) is 0.779. The van der Waals surface area contributed by atoms with Crippen molar-refractivity contribution >= 4 is 5.78 Å². The second-order valence-corrected chi connectivity index (χ2v) is 5.50. The topological polar surface area (TPSA) is 52.7 Å². The predicted octanol–water partition coefficient (Wildman–Crippen LogP) is 2.77. The molecule has 0 spiro atoms. The maximum absolute atomic E-state index is 11.8. The standard InChI is InChI=1S/C15H22N4O/c1-4-5-14(20)13-6-7-18(9-13)10-15-16-11-17-19(15)8-12(2)3/h6-7,9,11-12H,4-5,8,10H2,1-3H3. The van der Waals surface area contributed by atoms with E-state index in [-0.39, 0.29) is 5.78 Å². The lowest BCUT2D eigenvalue weighted by Crippen LogP contribution is -2.12. The molecular weight excluding hydrogens is 252 g/mol. The minimum absolute atomic E-state index is 0.204.